The molecular formula is C18H13FN2O4. The van der Waals surface area contributed by atoms with Gasteiger partial charge in [0.2, 0.25) is 5.56 Å². The van der Waals surface area contributed by atoms with Gasteiger partial charge in [-0.25, -0.2) is 4.39 Å². The maximum Gasteiger partial charge on any atom is 0.270 e. The van der Waals surface area contributed by atoms with Gasteiger partial charge in [0.15, 0.2) is 11.6 Å². The van der Waals surface area contributed by atoms with Crippen molar-refractivity contribution in [1.82, 2.24) is 4.57 Å². The summed E-state index contributed by atoms with van der Waals surface area (Å²) in [4.78, 5) is 22.1. The van der Waals surface area contributed by atoms with Crippen molar-refractivity contribution in [3.63, 3.8) is 0 Å². The molecule has 1 heterocycles. The maximum atomic E-state index is 13.9. The summed E-state index contributed by atoms with van der Waals surface area (Å²) >= 11 is 0. The van der Waals surface area contributed by atoms with E-state index in [-0.39, 0.29) is 22.7 Å². The van der Waals surface area contributed by atoms with Crippen molar-refractivity contribution in [3.05, 3.63) is 87.1 Å². The fourth-order valence-electron chi connectivity index (χ4n) is 2.35. The van der Waals surface area contributed by atoms with E-state index in [9.17, 15) is 19.3 Å². The highest BCUT2D eigenvalue weighted by Crippen LogP contribution is 2.36. The third kappa shape index (κ3) is 3.40. The summed E-state index contributed by atoms with van der Waals surface area (Å²) < 4.78 is 20.8. The van der Waals surface area contributed by atoms with Crippen molar-refractivity contribution >= 4 is 5.69 Å². The molecule has 0 N–H and O–H groups in total. The van der Waals surface area contributed by atoms with Crippen LogP contribution in [0.25, 0.3) is 11.1 Å². The quantitative estimate of drug-likeness (QED) is 0.533. The van der Waals surface area contributed by atoms with E-state index in [0.29, 0.717) is 11.1 Å². The van der Waals surface area contributed by atoms with Crippen LogP contribution in [0.15, 0.2) is 65.6 Å². The largest absolute Gasteiger partial charge is 0.454 e. The van der Waals surface area contributed by atoms with Gasteiger partial charge in [0.25, 0.3) is 5.69 Å². The van der Waals surface area contributed by atoms with Gasteiger partial charge in [-0.05, 0) is 24.3 Å². The Morgan fingerprint density at radius 3 is 2.52 bits per heavy atom. The summed E-state index contributed by atoms with van der Waals surface area (Å²) in [6.45, 7) is 0. The smallest absolute Gasteiger partial charge is 0.270 e. The maximum absolute atomic E-state index is 13.9. The molecule has 1 aromatic heterocycles. The standard InChI is InChI=1S/C18H13FN2O4/c1-20-11-12(6-9-18(20)22)14-10-13(21(23)24)7-8-16(14)25-17-5-3-2-4-15(17)19/h2-11H,1H3. The number of ether oxygens (including phenoxy) is 1. The predicted octanol–water partition coefficient (Wildman–Crippen LogP) is 3.89. The molecule has 0 aliphatic carbocycles. The summed E-state index contributed by atoms with van der Waals surface area (Å²) in [5.41, 5.74) is 0.570. The lowest BCUT2D eigenvalue weighted by atomic mass is 10.1. The number of nitro groups is 1. The number of halogens is 1. The highest BCUT2D eigenvalue weighted by atomic mass is 19.1. The first-order valence-corrected chi connectivity index (χ1v) is 7.33. The van der Waals surface area contributed by atoms with E-state index in [1.807, 2.05) is 0 Å². The van der Waals surface area contributed by atoms with E-state index in [4.69, 9.17) is 4.74 Å². The normalized spacial score (nSPS) is 10.5. The first-order valence-electron chi connectivity index (χ1n) is 7.33. The Hall–Kier alpha value is -3.48. The molecule has 7 heteroatoms. The van der Waals surface area contributed by atoms with Gasteiger partial charge in [0.05, 0.1) is 4.92 Å². The zero-order valence-corrected chi connectivity index (χ0v) is 13.2. The van der Waals surface area contributed by atoms with Crippen LogP contribution in [0.4, 0.5) is 10.1 Å². The number of benzene rings is 2. The van der Waals surface area contributed by atoms with Gasteiger partial charge >= 0.3 is 0 Å². The number of para-hydroxylation sites is 1. The van der Waals surface area contributed by atoms with Crippen LogP contribution in [0, 0.1) is 15.9 Å². The molecule has 0 saturated carbocycles. The van der Waals surface area contributed by atoms with Crippen LogP contribution in [0.5, 0.6) is 11.5 Å². The van der Waals surface area contributed by atoms with Gasteiger partial charge in [-0.15, -0.1) is 0 Å². The SMILES string of the molecule is Cn1cc(-c2cc([N+](=O)[O-])ccc2Oc2ccccc2F)ccc1=O. The second-order valence-electron chi connectivity index (χ2n) is 5.34. The number of nitro benzene ring substituents is 1. The first kappa shape index (κ1) is 16.4. The predicted molar refractivity (Wildman–Crippen MR) is 90.2 cm³/mol. The highest BCUT2D eigenvalue weighted by Gasteiger charge is 2.16. The molecule has 126 valence electrons. The number of hydrogen-bond acceptors (Lipinski definition) is 4. The van der Waals surface area contributed by atoms with Crippen molar-refractivity contribution in [1.29, 1.82) is 0 Å². The summed E-state index contributed by atoms with van der Waals surface area (Å²) in [6, 6.07) is 12.8. The Labute approximate surface area is 141 Å². The topological polar surface area (TPSA) is 74.4 Å². The Morgan fingerprint density at radius 1 is 1.08 bits per heavy atom. The van der Waals surface area contributed by atoms with Crippen LogP contribution in [0.2, 0.25) is 0 Å². The number of aromatic nitrogens is 1. The minimum atomic E-state index is -0.549. The van der Waals surface area contributed by atoms with Crippen LogP contribution in [0.1, 0.15) is 0 Å². The second-order valence-corrected chi connectivity index (χ2v) is 5.34. The highest BCUT2D eigenvalue weighted by molar-refractivity contribution is 5.72. The number of pyridine rings is 1. The fraction of sp³-hybridized carbons (Fsp3) is 0.0556. The Balaban J connectivity index is 2.14. The zero-order valence-electron chi connectivity index (χ0n) is 13.2. The minimum absolute atomic E-state index is 0.00224. The molecule has 0 atom stereocenters. The monoisotopic (exact) mass is 340 g/mol. The van der Waals surface area contributed by atoms with Crippen LogP contribution in [0.3, 0.4) is 0 Å². The zero-order chi connectivity index (χ0) is 18.0. The van der Waals surface area contributed by atoms with Crippen LogP contribution in [-0.2, 0) is 7.05 Å². The molecule has 0 saturated heterocycles. The molecule has 0 unspecified atom stereocenters. The van der Waals surface area contributed by atoms with Crippen LogP contribution < -0.4 is 10.3 Å². The van der Waals surface area contributed by atoms with Gasteiger partial charge in [-0.3, -0.25) is 14.9 Å². The van der Waals surface area contributed by atoms with E-state index in [1.54, 1.807) is 13.1 Å². The number of rotatable bonds is 4. The number of non-ortho nitro benzene ring substituents is 1. The molecule has 25 heavy (non-hydrogen) atoms. The molecule has 0 fully saturated rings. The third-order valence-corrected chi connectivity index (χ3v) is 3.63. The molecule has 0 spiro atoms. The molecule has 3 aromatic rings. The fourth-order valence-corrected chi connectivity index (χ4v) is 2.35. The molecule has 6 nitrogen and oxygen atoms in total. The van der Waals surface area contributed by atoms with Gasteiger partial charge < -0.3 is 9.30 Å². The van der Waals surface area contributed by atoms with Crippen LogP contribution in [-0.4, -0.2) is 9.49 Å². The number of aryl methyl sites for hydroxylation is 1. The molecular weight excluding hydrogens is 327 g/mol. The lowest BCUT2D eigenvalue weighted by Crippen LogP contribution is -2.14. The molecule has 2 aromatic carbocycles. The van der Waals surface area contributed by atoms with E-state index in [0.717, 1.165) is 0 Å². The number of hydrogen-bond donors (Lipinski definition) is 0. The summed E-state index contributed by atoms with van der Waals surface area (Å²) in [6.07, 6.45) is 1.54. The van der Waals surface area contributed by atoms with E-state index < -0.39 is 10.7 Å². The van der Waals surface area contributed by atoms with Gasteiger partial charge in [-0.2, -0.15) is 0 Å². The average Bonchev–Trinajstić information content (AvgIpc) is 2.59. The summed E-state index contributed by atoms with van der Waals surface area (Å²) in [5.74, 6) is -0.302. The Kier molecular flexibility index (Phi) is 4.30. The van der Waals surface area contributed by atoms with E-state index in [1.165, 1.54) is 59.3 Å². The molecule has 0 aliphatic rings. The summed E-state index contributed by atoms with van der Waals surface area (Å²) in [7, 11) is 1.57. The van der Waals surface area contributed by atoms with Crippen molar-refractivity contribution in [3.8, 4) is 22.6 Å². The Bertz CT molecular complexity index is 1010. The van der Waals surface area contributed by atoms with Crippen molar-refractivity contribution in [2.75, 3.05) is 0 Å². The van der Waals surface area contributed by atoms with Crippen molar-refractivity contribution in [2.24, 2.45) is 7.05 Å². The average molecular weight is 340 g/mol. The second kappa shape index (κ2) is 6.56. The van der Waals surface area contributed by atoms with Crippen molar-refractivity contribution < 1.29 is 14.1 Å². The molecule has 3 rings (SSSR count). The molecule has 0 amide bonds. The Morgan fingerprint density at radius 2 is 1.84 bits per heavy atom. The third-order valence-electron chi connectivity index (χ3n) is 3.63. The first-order chi connectivity index (χ1) is 12.0. The minimum Gasteiger partial charge on any atom is -0.454 e. The number of nitrogens with zero attached hydrogens (tertiary/aromatic N) is 2. The summed E-state index contributed by atoms with van der Waals surface area (Å²) in [5, 5.41) is 11.1. The molecule has 0 radical (unpaired) electrons. The van der Waals surface area contributed by atoms with Crippen molar-refractivity contribution in [2.45, 2.75) is 0 Å². The lowest BCUT2D eigenvalue weighted by molar-refractivity contribution is -0.384. The van der Waals surface area contributed by atoms with Gasteiger partial charge in [0, 0.05) is 42.6 Å². The molecule has 0 bridgehead atoms. The van der Waals surface area contributed by atoms with Crippen LogP contribution >= 0.6 is 0 Å². The lowest BCUT2D eigenvalue weighted by Gasteiger charge is -2.12. The molecule has 0 aliphatic heterocycles. The van der Waals surface area contributed by atoms with Gasteiger partial charge in [0.1, 0.15) is 5.75 Å². The van der Waals surface area contributed by atoms with E-state index >= 15 is 0 Å². The van der Waals surface area contributed by atoms with Gasteiger partial charge in [-0.1, -0.05) is 12.1 Å². The van der Waals surface area contributed by atoms with E-state index in [2.05, 4.69) is 0 Å².